The Balaban J connectivity index is 0.00000131. The third-order valence-electron chi connectivity index (χ3n) is 4.96. The van der Waals surface area contributed by atoms with Crippen molar-refractivity contribution in [2.75, 3.05) is 0 Å². The first-order valence-electron chi connectivity index (χ1n) is 8.62. The van der Waals surface area contributed by atoms with Gasteiger partial charge in [0.05, 0.1) is 0 Å². The second-order valence-electron chi connectivity index (χ2n) is 6.35. The van der Waals surface area contributed by atoms with Crippen LogP contribution in [0.5, 0.6) is 0 Å². The summed E-state index contributed by atoms with van der Waals surface area (Å²) in [7, 11) is 0. The first kappa shape index (κ1) is 24.8. The van der Waals surface area contributed by atoms with Gasteiger partial charge in [-0.1, -0.05) is 0 Å². The van der Waals surface area contributed by atoms with Gasteiger partial charge in [-0.3, -0.25) is 0 Å². The second-order valence-corrected chi connectivity index (χ2v) is 7.29. The molecule has 0 fully saturated rings. The Kier molecular flexibility index (Phi) is 9.77. The molecule has 0 nitrogen and oxygen atoms in total. The van der Waals surface area contributed by atoms with Crippen LogP contribution >= 0.6 is 37.2 Å². The minimum absolute atomic E-state index is 0. The van der Waals surface area contributed by atoms with Gasteiger partial charge in [0.25, 0.3) is 0 Å². The number of halogens is 3. The first-order valence-corrected chi connectivity index (χ1v) is 9.40. The summed E-state index contributed by atoms with van der Waals surface area (Å²) < 4.78 is 1.44. The van der Waals surface area contributed by atoms with E-state index in [0.717, 1.165) is 6.42 Å². The Morgan fingerprint density at radius 3 is 1.21 bits per heavy atom. The van der Waals surface area contributed by atoms with Crippen LogP contribution in [0.15, 0.2) is 113 Å². The van der Waals surface area contributed by atoms with Gasteiger partial charge in [0.15, 0.2) is 0 Å². The number of allylic oxidation sites excluding steroid dienone is 4. The van der Waals surface area contributed by atoms with Crippen LogP contribution in [0.4, 0.5) is 0 Å². The molecule has 28 heavy (non-hydrogen) atoms. The van der Waals surface area contributed by atoms with E-state index in [2.05, 4.69) is 124 Å². The molecule has 3 aromatic rings. The van der Waals surface area contributed by atoms with Crippen molar-refractivity contribution in [3.8, 4) is 0 Å². The summed E-state index contributed by atoms with van der Waals surface area (Å²) in [6.45, 7) is 0. The fourth-order valence-corrected chi connectivity index (χ4v) is 4.49. The van der Waals surface area contributed by atoms with E-state index >= 15 is 0 Å². The molecule has 0 aliphatic heterocycles. The van der Waals surface area contributed by atoms with E-state index in [4.69, 9.17) is 0 Å². The summed E-state index contributed by atoms with van der Waals surface area (Å²) in [5, 5.41) is 0. The number of benzene rings is 3. The van der Waals surface area contributed by atoms with Crippen LogP contribution in [0.1, 0.15) is 23.1 Å². The van der Waals surface area contributed by atoms with Crippen molar-refractivity contribution in [2.45, 2.75) is 11.8 Å². The topological polar surface area (TPSA) is 0 Å². The van der Waals surface area contributed by atoms with Crippen LogP contribution in [-0.2, 0) is 25.9 Å². The van der Waals surface area contributed by atoms with E-state index < -0.39 is 0 Å². The molecule has 0 N–H and O–H groups in total. The zero-order chi connectivity index (χ0) is 17.1. The SMILES string of the molecule is Cl.Cl.Cl.[Ti][C]1=C(C(c2ccccc2)(c2ccccc2)c2ccccc2)C=CC1. The number of hydrogen-bond donors (Lipinski definition) is 0. The van der Waals surface area contributed by atoms with Crippen molar-refractivity contribution < 1.29 is 20.4 Å². The van der Waals surface area contributed by atoms with Gasteiger partial charge in [-0.25, -0.2) is 0 Å². The Hall–Kier alpha value is -1.28. The molecular formula is C24H22Cl3Ti. The number of hydrogen-bond acceptors (Lipinski definition) is 0. The maximum absolute atomic E-state index is 2.32. The molecule has 0 aromatic heterocycles. The standard InChI is InChI=1S/C24H19.3ClH.Ti/c1-4-12-20(13-5-1)24(23-18-10-11-19-23,21-14-6-2-7-15-21)22-16-8-3-9-17-22;;;;/h1-10,12-18H,11H2;3*1H;. The Labute approximate surface area is 197 Å². The summed E-state index contributed by atoms with van der Waals surface area (Å²) in [6, 6.07) is 32.7. The van der Waals surface area contributed by atoms with Crippen LogP contribution in [0.25, 0.3) is 0 Å². The molecule has 0 radical (unpaired) electrons. The van der Waals surface area contributed by atoms with Crippen molar-refractivity contribution >= 4 is 37.2 Å². The van der Waals surface area contributed by atoms with E-state index in [1.54, 1.807) is 0 Å². The van der Waals surface area contributed by atoms with Crippen LogP contribution < -0.4 is 0 Å². The summed E-state index contributed by atoms with van der Waals surface area (Å²) in [5.41, 5.74) is 5.06. The Bertz CT molecular complexity index is 823. The predicted molar refractivity (Wildman–Crippen MR) is 122 cm³/mol. The number of rotatable bonds is 4. The Morgan fingerprint density at radius 2 is 0.929 bits per heavy atom. The minimum atomic E-state index is -0.277. The van der Waals surface area contributed by atoms with Crippen molar-refractivity contribution in [1.29, 1.82) is 0 Å². The van der Waals surface area contributed by atoms with Gasteiger partial charge < -0.3 is 0 Å². The molecule has 0 saturated heterocycles. The molecule has 1 aliphatic rings. The monoisotopic (exact) mass is 463 g/mol. The molecule has 143 valence electrons. The fraction of sp³-hybridized carbons (Fsp3) is 0.0833. The average Bonchev–Trinajstić information content (AvgIpc) is 3.12. The first-order chi connectivity index (χ1) is 12.3. The quantitative estimate of drug-likeness (QED) is 0.287. The van der Waals surface area contributed by atoms with Crippen molar-refractivity contribution in [3.63, 3.8) is 0 Å². The maximum atomic E-state index is 2.32. The molecule has 0 bridgehead atoms. The van der Waals surface area contributed by atoms with Gasteiger partial charge in [0, 0.05) is 0 Å². The summed E-state index contributed by atoms with van der Waals surface area (Å²) in [6.07, 6.45) is 5.64. The summed E-state index contributed by atoms with van der Waals surface area (Å²) in [4.78, 5) is 0. The molecule has 0 unspecified atom stereocenters. The van der Waals surface area contributed by atoms with Crippen LogP contribution in [0.2, 0.25) is 0 Å². The van der Waals surface area contributed by atoms with Gasteiger partial charge in [0.1, 0.15) is 0 Å². The normalized spacial score (nSPS) is 12.5. The molecule has 3 aromatic carbocycles. The summed E-state index contributed by atoms with van der Waals surface area (Å²) in [5.74, 6) is 0. The predicted octanol–water partition coefficient (Wildman–Crippen LogP) is 7.05. The van der Waals surface area contributed by atoms with Crippen molar-refractivity contribution in [3.05, 3.63) is 129 Å². The van der Waals surface area contributed by atoms with E-state index in [-0.39, 0.29) is 42.6 Å². The van der Waals surface area contributed by atoms with Crippen LogP contribution in [0.3, 0.4) is 0 Å². The van der Waals surface area contributed by atoms with Crippen molar-refractivity contribution in [1.82, 2.24) is 0 Å². The van der Waals surface area contributed by atoms with E-state index in [9.17, 15) is 0 Å². The van der Waals surface area contributed by atoms with Crippen LogP contribution in [-0.4, -0.2) is 0 Å². The van der Waals surface area contributed by atoms with Gasteiger partial charge in [-0.15, -0.1) is 37.2 Å². The fourth-order valence-electron chi connectivity index (χ4n) is 3.89. The van der Waals surface area contributed by atoms with Gasteiger partial charge in [-0.05, 0) is 0 Å². The van der Waals surface area contributed by atoms with Gasteiger partial charge in [0.2, 0.25) is 0 Å². The van der Waals surface area contributed by atoms with E-state index in [1.807, 2.05) is 0 Å². The van der Waals surface area contributed by atoms with Gasteiger partial charge in [-0.2, -0.15) is 0 Å². The third-order valence-corrected chi connectivity index (χ3v) is 5.70. The second kappa shape index (κ2) is 11.0. The van der Waals surface area contributed by atoms with E-state index in [0.29, 0.717) is 0 Å². The molecule has 0 atom stereocenters. The third kappa shape index (κ3) is 4.32. The molecule has 0 heterocycles. The Morgan fingerprint density at radius 1 is 0.571 bits per heavy atom. The average molecular weight is 465 g/mol. The molecule has 0 amide bonds. The molecule has 4 heteroatoms. The zero-order valence-corrected chi connectivity index (χ0v) is 19.3. The van der Waals surface area contributed by atoms with Gasteiger partial charge >= 0.3 is 162 Å². The van der Waals surface area contributed by atoms with Crippen LogP contribution in [0, 0.1) is 0 Å². The van der Waals surface area contributed by atoms with Crippen molar-refractivity contribution in [2.24, 2.45) is 0 Å². The molecule has 0 spiro atoms. The molecular weight excluding hydrogens is 442 g/mol. The zero-order valence-electron chi connectivity index (χ0n) is 15.2. The molecule has 1 aliphatic carbocycles. The molecule has 0 saturated carbocycles. The summed E-state index contributed by atoms with van der Waals surface area (Å²) >= 11 is 2.26. The molecule has 4 rings (SSSR count). The van der Waals surface area contributed by atoms with E-state index in [1.165, 1.54) is 26.1 Å².